The van der Waals surface area contributed by atoms with Gasteiger partial charge in [0.15, 0.2) is 0 Å². The van der Waals surface area contributed by atoms with E-state index in [2.05, 4.69) is 48.6 Å². The zero-order valence-electron chi connectivity index (χ0n) is 8.66. The Kier molecular flexibility index (Phi) is 3.00. The van der Waals surface area contributed by atoms with Gasteiger partial charge < -0.3 is 5.32 Å². The van der Waals surface area contributed by atoms with Gasteiger partial charge in [-0.2, -0.15) is 0 Å². The summed E-state index contributed by atoms with van der Waals surface area (Å²) in [6.07, 6.45) is 4.99. The van der Waals surface area contributed by atoms with E-state index >= 15 is 0 Å². The average Bonchev–Trinajstić information content (AvgIpc) is 3.03. The van der Waals surface area contributed by atoms with Crippen LogP contribution in [0.4, 0.5) is 0 Å². The lowest BCUT2D eigenvalue weighted by Crippen LogP contribution is -2.15. The van der Waals surface area contributed by atoms with Gasteiger partial charge in [0.2, 0.25) is 0 Å². The summed E-state index contributed by atoms with van der Waals surface area (Å²) in [4.78, 5) is 0. The second-order valence-corrected chi connectivity index (χ2v) is 3.94. The summed E-state index contributed by atoms with van der Waals surface area (Å²) in [5.74, 6) is 0. The van der Waals surface area contributed by atoms with E-state index in [0.29, 0.717) is 0 Å². The van der Waals surface area contributed by atoms with Gasteiger partial charge in [-0.05, 0) is 30.9 Å². The van der Waals surface area contributed by atoms with Gasteiger partial charge in [-0.15, -0.1) is 0 Å². The number of rotatable bonds is 4. The SMILES string of the molecule is C/C(=C\CNC1CC1)c1ccccc1. The Balaban J connectivity index is 1.89. The maximum Gasteiger partial charge on any atom is 0.0143 e. The van der Waals surface area contributed by atoms with Crippen LogP contribution in [-0.2, 0) is 0 Å². The fourth-order valence-corrected chi connectivity index (χ4v) is 1.49. The molecule has 1 aromatic carbocycles. The van der Waals surface area contributed by atoms with Crippen LogP contribution in [0.3, 0.4) is 0 Å². The summed E-state index contributed by atoms with van der Waals surface area (Å²) in [7, 11) is 0. The molecule has 0 aromatic heterocycles. The summed E-state index contributed by atoms with van der Waals surface area (Å²) >= 11 is 0. The van der Waals surface area contributed by atoms with Gasteiger partial charge in [-0.25, -0.2) is 0 Å². The third-order valence-corrected chi connectivity index (χ3v) is 2.62. The maximum atomic E-state index is 3.48. The van der Waals surface area contributed by atoms with Crippen LogP contribution in [-0.4, -0.2) is 12.6 Å². The lowest BCUT2D eigenvalue weighted by Gasteiger charge is -2.02. The number of benzene rings is 1. The van der Waals surface area contributed by atoms with Crippen molar-refractivity contribution in [2.45, 2.75) is 25.8 Å². The van der Waals surface area contributed by atoms with Gasteiger partial charge in [0.05, 0.1) is 0 Å². The van der Waals surface area contributed by atoms with Crippen molar-refractivity contribution in [1.82, 2.24) is 5.32 Å². The highest BCUT2D eigenvalue weighted by molar-refractivity contribution is 5.63. The van der Waals surface area contributed by atoms with E-state index in [1.54, 1.807) is 0 Å². The first kappa shape index (κ1) is 9.47. The molecule has 0 amide bonds. The minimum atomic E-state index is 0.801. The summed E-state index contributed by atoms with van der Waals surface area (Å²) < 4.78 is 0. The Morgan fingerprint density at radius 2 is 2.07 bits per heavy atom. The van der Waals surface area contributed by atoms with Crippen LogP contribution >= 0.6 is 0 Å². The van der Waals surface area contributed by atoms with E-state index in [9.17, 15) is 0 Å². The van der Waals surface area contributed by atoms with Crippen LogP contribution in [0.15, 0.2) is 36.4 Å². The van der Waals surface area contributed by atoms with Crippen LogP contribution in [0.2, 0.25) is 0 Å². The first-order valence-electron chi connectivity index (χ1n) is 5.32. The Morgan fingerprint density at radius 1 is 1.36 bits per heavy atom. The van der Waals surface area contributed by atoms with Crippen LogP contribution in [0.1, 0.15) is 25.3 Å². The standard InChI is InChI=1S/C13H17N/c1-11(9-10-14-13-7-8-13)12-5-3-2-4-6-12/h2-6,9,13-14H,7-8,10H2,1H3/b11-9+. The molecule has 1 aliphatic rings. The molecule has 1 heteroatoms. The normalized spacial score (nSPS) is 17.1. The molecule has 0 aliphatic heterocycles. The lowest BCUT2D eigenvalue weighted by atomic mass is 10.1. The molecule has 1 fully saturated rings. The third kappa shape index (κ3) is 2.71. The van der Waals surface area contributed by atoms with Gasteiger partial charge in [0.1, 0.15) is 0 Å². The highest BCUT2D eigenvalue weighted by Crippen LogP contribution is 2.18. The first-order valence-corrected chi connectivity index (χ1v) is 5.32. The predicted molar refractivity (Wildman–Crippen MR) is 61.1 cm³/mol. The number of allylic oxidation sites excluding steroid dienone is 1. The Bertz CT molecular complexity index is 309. The number of hydrogen-bond donors (Lipinski definition) is 1. The lowest BCUT2D eigenvalue weighted by molar-refractivity contribution is 0.753. The van der Waals surface area contributed by atoms with Crippen LogP contribution in [0.5, 0.6) is 0 Å². The second-order valence-electron chi connectivity index (χ2n) is 3.94. The fraction of sp³-hybridized carbons (Fsp3) is 0.385. The van der Waals surface area contributed by atoms with E-state index in [4.69, 9.17) is 0 Å². The molecule has 2 rings (SSSR count). The molecule has 0 radical (unpaired) electrons. The number of nitrogens with one attached hydrogen (secondary N) is 1. The molecular weight excluding hydrogens is 170 g/mol. The van der Waals surface area contributed by atoms with Crippen molar-refractivity contribution < 1.29 is 0 Å². The molecule has 0 spiro atoms. The summed E-state index contributed by atoms with van der Waals surface area (Å²) in [5, 5.41) is 3.48. The largest absolute Gasteiger partial charge is 0.311 e. The van der Waals surface area contributed by atoms with Gasteiger partial charge in [-0.1, -0.05) is 36.4 Å². The van der Waals surface area contributed by atoms with Crippen LogP contribution in [0, 0.1) is 0 Å². The molecule has 0 bridgehead atoms. The van der Waals surface area contributed by atoms with Gasteiger partial charge >= 0.3 is 0 Å². The van der Waals surface area contributed by atoms with E-state index in [1.165, 1.54) is 24.0 Å². The molecule has 0 atom stereocenters. The van der Waals surface area contributed by atoms with Gasteiger partial charge in [-0.3, -0.25) is 0 Å². The average molecular weight is 187 g/mol. The highest BCUT2D eigenvalue weighted by Gasteiger charge is 2.19. The topological polar surface area (TPSA) is 12.0 Å². The fourth-order valence-electron chi connectivity index (χ4n) is 1.49. The van der Waals surface area contributed by atoms with E-state index < -0.39 is 0 Å². The van der Waals surface area contributed by atoms with E-state index in [1.807, 2.05) is 0 Å². The van der Waals surface area contributed by atoms with E-state index in [-0.39, 0.29) is 0 Å². The Morgan fingerprint density at radius 3 is 2.71 bits per heavy atom. The van der Waals surface area contributed by atoms with Crippen molar-refractivity contribution >= 4 is 5.57 Å². The molecule has 0 unspecified atom stereocenters. The third-order valence-electron chi connectivity index (χ3n) is 2.62. The molecule has 1 nitrogen and oxygen atoms in total. The van der Waals surface area contributed by atoms with Crippen LogP contribution < -0.4 is 5.32 Å². The van der Waals surface area contributed by atoms with Crippen molar-refractivity contribution in [3.05, 3.63) is 42.0 Å². The minimum absolute atomic E-state index is 0.801. The molecule has 14 heavy (non-hydrogen) atoms. The van der Waals surface area contributed by atoms with Crippen molar-refractivity contribution in [2.24, 2.45) is 0 Å². The molecule has 1 aromatic rings. The molecule has 1 aliphatic carbocycles. The molecular formula is C13H17N. The molecule has 0 saturated heterocycles. The molecule has 1 saturated carbocycles. The second kappa shape index (κ2) is 4.43. The zero-order chi connectivity index (χ0) is 9.80. The van der Waals surface area contributed by atoms with Crippen molar-refractivity contribution in [3.8, 4) is 0 Å². The Hall–Kier alpha value is -1.08. The molecule has 74 valence electrons. The quantitative estimate of drug-likeness (QED) is 0.764. The monoisotopic (exact) mass is 187 g/mol. The molecule has 1 N–H and O–H groups in total. The molecule has 0 heterocycles. The predicted octanol–water partition coefficient (Wildman–Crippen LogP) is 2.84. The Labute approximate surface area is 85.8 Å². The summed E-state index contributed by atoms with van der Waals surface area (Å²) in [5.41, 5.74) is 2.68. The van der Waals surface area contributed by atoms with E-state index in [0.717, 1.165) is 12.6 Å². The zero-order valence-corrected chi connectivity index (χ0v) is 8.66. The van der Waals surface area contributed by atoms with Crippen LogP contribution in [0.25, 0.3) is 5.57 Å². The van der Waals surface area contributed by atoms with Crippen molar-refractivity contribution in [2.75, 3.05) is 6.54 Å². The van der Waals surface area contributed by atoms with Gasteiger partial charge in [0.25, 0.3) is 0 Å². The van der Waals surface area contributed by atoms with Crippen molar-refractivity contribution in [3.63, 3.8) is 0 Å². The summed E-state index contributed by atoms with van der Waals surface area (Å²) in [6, 6.07) is 11.3. The maximum absolute atomic E-state index is 3.48. The number of hydrogen-bond acceptors (Lipinski definition) is 1. The van der Waals surface area contributed by atoms with Crippen molar-refractivity contribution in [1.29, 1.82) is 0 Å². The summed E-state index contributed by atoms with van der Waals surface area (Å²) in [6.45, 7) is 3.18. The minimum Gasteiger partial charge on any atom is -0.311 e. The highest BCUT2D eigenvalue weighted by atomic mass is 14.9. The smallest absolute Gasteiger partial charge is 0.0143 e. The first-order chi connectivity index (χ1) is 6.86. The van der Waals surface area contributed by atoms with Gasteiger partial charge in [0, 0.05) is 12.6 Å².